The third-order valence-electron chi connectivity index (χ3n) is 5.68. The quantitative estimate of drug-likeness (QED) is 0.578. The first-order valence-corrected chi connectivity index (χ1v) is 11.9. The lowest BCUT2D eigenvalue weighted by Gasteiger charge is -2.36. The molecule has 2 aliphatic rings. The topological polar surface area (TPSA) is 0 Å². The van der Waals surface area contributed by atoms with Gasteiger partial charge in [-0.25, -0.2) is 0 Å². The molecule has 17 heavy (non-hydrogen) atoms. The summed E-state index contributed by atoms with van der Waals surface area (Å²) in [5, 5.41) is 0. The van der Waals surface area contributed by atoms with E-state index in [1.165, 1.54) is 41.2 Å². The van der Waals surface area contributed by atoms with E-state index in [0.717, 1.165) is 5.92 Å². The van der Waals surface area contributed by atoms with Crippen LogP contribution in [0, 0.1) is 11.8 Å². The summed E-state index contributed by atoms with van der Waals surface area (Å²) in [6.07, 6.45) is 4.91. The number of hydrogen-bond acceptors (Lipinski definition) is 0. The summed E-state index contributed by atoms with van der Waals surface area (Å²) in [6, 6.07) is 6.12. The van der Waals surface area contributed by atoms with Crippen molar-refractivity contribution in [3.8, 4) is 0 Å². The zero-order valence-corrected chi connectivity index (χ0v) is 14.3. The van der Waals surface area contributed by atoms with E-state index in [2.05, 4.69) is 27.7 Å². The van der Waals surface area contributed by atoms with Gasteiger partial charge in [0, 0.05) is 0 Å². The van der Waals surface area contributed by atoms with Crippen LogP contribution in [0.15, 0.2) is 0 Å². The van der Waals surface area contributed by atoms with E-state index in [1.807, 2.05) is 0 Å². The van der Waals surface area contributed by atoms with Crippen molar-refractivity contribution < 1.29 is 0 Å². The van der Waals surface area contributed by atoms with Gasteiger partial charge in [-0.05, 0) is 42.2 Å². The molecule has 2 fully saturated rings. The Hall–Kier alpha value is 0.434. The van der Waals surface area contributed by atoms with Crippen LogP contribution in [0.4, 0.5) is 0 Å². The Labute approximate surface area is 112 Å². The predicted molar refractivity (Wildman–Crippen MR) is 81.8 cm³/mol. The summed E-state index contributed by atoms with van der Waals surface area (Å²) in [6.45, 7) is 9.85. The number of hydrogen-bond donors (Lipinski definition) is 0. The van der Waals surface area contributed by atoms with Crippen LogP contribution in [-0.4, -0.2) is 17.6 Å². The van der Waals surface area contributed by atoms with E-state index in [0.29, 0.717) is 0 Å². The molecule has 0 saturated heterocycles. The minimum Gasteiger partial charge on any atom is -0.0680 e. The molecule has 2 saturated carbocycles. The fourth-order valence-corrected chi connectivity index (χ4v) is 11.4. The first-order chi connectivity index (χ1) is 8.24. The first kappa shape index (κ1) is 13.9. The average molecular weight is 267 g/mol. The summed E-state index contributed by atoms with van der Waals surface area (Å²) in [5.74, 6) is 2.36. The molecular formula is C15H30Si2. The maximum absolute atomic E-state index is 2.46. The predicted octanol–water partition coefficient (Wildman–Crippen LogP) is 5.23. The lowest BCUT2D eigenvalue weighted by molar-refractivity contribution is 0.463. The van der Waals surface area contributed by atoms with Crippen molar-refractivity contribution >= 4 is 17.6 Å². The highest BCUT2D eigenvalue weighted by Gasteiger charge is 2.49. The first-order valence-electron chi connectivity index (χ1n) is 7.94. The van der Waals surface area contributed by atoms with Gasteiger partial charge in [-0.3, -0.25) is 0 Å². The molecule has 98 valence electrons. The van der Waals surface area contributed by atoms with Crippen molar-refractivity contribution in [3.63, 3.8) is 0 Å². The summed E-state index contributed by atoms with van der Waals surface area (Å²) in [7, 11) is 0.00760. The maximum atomic E-state index is 2.46. The molecule has 0 aliphatic heterocycles. The van der Waals surface area contributed by atoms with Gasteiger partial charge in [0.15, 0.2) is 0 Å². The van der Waals surface area contributed by atoms with E-state index < -0.39 is 0 Å². The smallest absolute Gasteiger partial charge is 0.0509 e. The average Bonchev–Trinajstić information content (AvgIpc) is 2.92. The van der Waals surface area contributed by atoms with Gasteiger partial charge in [-0.2, -0.15) is 0 Å². The molecule has 0 spiro atoms. The highest BCUT2D eigenvalue weighted by Crippen LogP contribution is 2.60. The number of rotatable bonds is 6. The van der Waals surface area contributed by atoms with Gasteiger partial charge in [-0.1, -0.05) is 51.9 Å². The molecule has 0 N–H and O–H groups in total. The Morgan fingerprint density at radius 2 is 1.12 bits per heavy atom. The van der Waals surface area contributed by atoms with Crippen molar-refractivity contribution in [2.24, 2.45) is 11.8 Å². The molecule has 2 unspecified atom stereocenters. The number of fused-ring (bicyclic) bond motifs is 2. The zero-order chi connectivity index (χ0) is 12.4. The monoisotopic (exact) mass is 266 g/mol. The molecule has 0 aromatic carbocycles. The van der Waals surface area contributed by atoms with Crippen molar-refractivity contribution in [2.45, 2.75) is 82.2 Å². The molecule has 2 heteroatoms. The minimum atomic E-state index is 0.00380. The molecule has 0 aromatic rings. The third kappa shape index (κ3) is 2.58. The highest BCUT2D eigenvalue weighted by atomic mass is 28.3. The van der Waals surface area contributed by atoms with E-state index in [4.69, 9.17) is 0 Å². The van der Waals surface area contributed by atoms with Gasteiger partial charge in [0.05, 0.1) is 17.6 Å². The second-order valence-electron chi connectivity index (χ2n) is 6.18. The van der Waals surface area contributed by atoms with Gasteiger partial charge in [-0.15, -0.1) is 0 Å². The Kier molecular flexibility index (Phi) is 4.93. The second kappa shape index (κ2) is 6.05. The minimum absolute atomic E-state index is 0.00380. The lowest BCUT2D eigenvalue weighted by Crippen LogP contribution is -2.32. The fraction of sp³-hybridized carbons (Fsp3) is 1.00. The largest absolute Gasteiger partial charge is 0.0680 e. The van der Waals surface area contributed by atoms with Gasteiger partial charge < -0.3 is 0 Å². The van der Waals surface area contributed by atoms with Crippen molar-refractivity contribution in [3.05, 3.63) is 0 Å². The Balaban J connectivity index is 2.04. The van der Waals surface area contributed by atoms with Gasteiger partial charge in [0.25, 0.3) is 0 Å². The second-order valence-corrected chi connectivity index (χ2v) is 13.1. The molecule has 0 heterocycles. The van der Waals surface area contributed by atoms with E-state index in [1.54, 1.807) is 19.3 Å². The molecule has 0 nitrogen and oxygen atoms in total. The van der Waals surface area contributed by atoms with Crippen molar-refractivity contribution in [1.82, 2.24) is 0 Å². The summed E-state index contributed by atoms with van der Waals surface area (Å²) in [4.78, 5) is 0. The van der Waals surface area contributed by atoms with Crippen LogP contribution in [-0.2, 0) is 0 Å². The van der Waals surface area contributed by atoms with Crippen LogP contribution in [0.3, 0.4) is 0 Å². The summed E-state index contributed by atoms with van der Waals surface area (Å²) in [5.41, 5.74) is 2.44. The van der Waals surface area contributed by atoms with Gasteiger partial charge in [0.1, 0.15) is 0 Å². The molecule has 2 aliphatic carbocycles. The maximum Gasteiger partial charge on any atom is 0.0509 e. The van der Waals surface area contributed by atoms with Crippen LogP contribution in [0.25, 0.3) is 0 Å². The SMILES string of the molecule is CC[Si](CC)C1CC2CC1C([Si](CC)CC)C2. The van der Waals surface area contributed by atoms with Crippen LogP contribution in [0.1, 0.15) is 47.0 Å². The Morgan fingerprint density at radius 1 is 0.706 bits per heavy atom. The van der Waals surface area contributed by atoms with Crippen LogP contribution < -0.4 is 0 Å². The van der Waals surface area contributed by atoms with Crippen LogP contribution >= 0.6 is 0 Å². The zero-order valence-electron chi connectivity index (χ0n) is 12.3. The molecule has 2 rings (SSSR count). The fourth-order valence-electron chi connectivity index (χ4n) is 4.84. The van der Waals surface area contributed by atoms with Crippen molar-refractivity contribution in [2.75, 3.05) is 0 Å². The van der Waals surface area contributed by atoms with Gasteiger partial charge in [0.2, 0.25) is 0 Å². The Morgan fingerprint density at radius 3 is 1.41 bits per heavy atom. The van der Waals surface area contributed by atoms with E-state index >= 15 is 0 Å². The van der Waals surface area contributed by atoms with Crippen LogP contribution in [0.2, 0.25) is 35.3 Å². The molecular weight excluding hydrogens is 236 g/mol. The third-order valence-corrected chi connectivity index (χ3v) is 12.7. The molecule has 2 radical (unpaired) electrons. The van der Waals surface area contributed by atoms with E-state index in [9.17, 15) is 0 Å². The standard InChI is InChI=1S/C15H30Si2/c1-5-16(6-2)14-10-12-9-13(14)15(11-12)17(7-3)8-4/h12-15H,5-11H2,1-4H3. The molecule has 0 aromatic heterocycles. The summed E-state index contributed by atoms with van der Waals surface area (Å²) >= 11 is 0. The van der Waals surface area contributed by atoms with Crippen LogP contribution in [0.5, 0.6) is 0 Å². The molecule has 2 atom stereocenters. The van der Waals surface area contributed by atoms with E-state index in [-0.39, 0.29) is 17.6 Å². The van der Waals surface area contributed by atoms with Crippen molar-refractivity contribution in [1.29, 1.82) is 0 Å². The molecule has 2 bridgehead atoms. The highest BCUT2D eigenvalue weighted by molar-refractivity contribution is 6.62. The Bertz CT molecular complexity index is 211. The summed E-state index contributed by atoms with van der Waals surface area (Å²) < 4.78 is 0. The lowest BCUT2D eigenvalue weighted by atomic mass is 9.99. The molecule has 0 amide bonds. The normalized spacial score (nSPS) is 36.4. The van der Waals surface area contributed by atoms with Gasteiger partial charge >= 0.3 is 0 Å².